The molecular weight excluding hydrogens is 298 g/mol. The number of aliphatic hydroxyl groups excluding tert-OH is 1. The zero-order valence-corrected chi connectivity index (χ0v) is 15.0. The standard InChI is InChI=1S/C18H30ClNO2/c1-5-7-16(20)17(21)9-12(3)14-11-15(19)13(4)10-18(14)22-8-6-2/h10-12,16-17,21H,5-9,20H2,1-4H3. The number of hydrogen-bond donors (Lipinski definition) is 2. The summed E-state index contributed by atoms with van der Waals surface area (Å²) in [7, 11) is 0. The van der Waals surface area contributed by atoms with Crippen LogP contribution in [0, 0.1) is 6.92 Å². The first-order chi connectivity index (χ1) is 10.4. The van der Waals surface area contributed by atoms with Gasteiger partial charge < -0.3 is 15.6 Å². The number of aliphatic hydroxyl groups is 1. The van der Waals surface area contributed by atoms with Crippen LogP contribution in [0.25, 0.3) is 0 Å². The monoisotopic (exact) mass is 327 g/mol. The molecule has 126 valence electrons. The Morgan fingerprint density at radius 2 is 1.95 bits per heavy atom. The zero-order valence-electron chi connectivity index (χ0n) is 14.2. The van der Waals surface area contributed by atoms with Crippen LogP contribution in [-0.4, -0.2) is 23.9 Å². The molecule has 3 unspecified atom stereocenters. The van der Waals surface area contributed by atoms with E-state index >= 15 is 0 Å². The van der Waals surface area contributed by atoms with Crippen molar-refractivity contribution in [2.45, 2.75) is 71.4 Å². The number of aryl methyl sites for hydroxylation is 1. The number of ether oxygens (including phenoxy) is 1. The summed E-state index contributed by atoms with van der Waals surface area (Å²) >= 11 is 6.27. The van der Waals surface area contributed by atoms with Gasteiger partial charge in [-0.3, -0.25) is 0 Å². The van der Waals surface area contributed by atoms with Crippen LogP contribution in [0.3, 0.4) is 0 Å². The van der Waals surface area contributed by atoms with Gasteiger partial charge in [0, 0.05) is 11.1 Å². The van der Waals surface area contributed by atoms with Gasteiger partial charge in [-0.05, 0) is 55.4 Å². The van der Waals surface area contributed by atoms with Gasteiger partial charge in [0.2, 0.25) is 0 Å². The number of nitrogens with two attached hydrogens (primary N) is 1. The van der Waals surface area contributed by atoms with Gasteiger partial charge in [0.1, 0.15) is 5.75 Å². The number of halogens is 1. The third-order valence-electron chi connectivity index (χ3n) is 3.99. The van der Waals surface area contributed by atoms with E-state index in [1.807, 2.05) is 19.1 Å². The maximum absolute atomic E-state index is 10.3. The lowest BCUT2D eigenvalue weighted by molar-refractivity contribution is 0.123. The highest BCUT2D eigenvalue weighted by atomic mass is 35.5. The number of rotatable bonds is 9. The highest BCUT2D eigenvalue weighted by Crippen LogP contribution is 2.34. The third kappa shape index (κ3) is 5.45. The van der Waals surface area contributed by atoms with Crippen LogP contribution in [0.1, 0.15) is 63.5 Å². The molecule has 0 saturated carbocycles. The molecule has 1 aromatic rings. The van der Waals surface area contributed by atoms with Crippen LogP contribution in [0.2, 0.25) is 5.02 Å². The summed E-state index contributed by atoms with van der Waals surface area (Å²) in [6, 6.07) is 3.78. The van der Waals surface area contributed by atoms with Gasteiger partial charge in [0.25, 0.3) is 0 Å². The van der Waals surface area contributed by atoms with Crippen molar-refractivity contribution in [1.82, 2.24) is 0 Å². The van der Waals surface area contributed by atoms with Crippen molar-refractivity contribution in [3.05, 3.63) is 28.3 Å². The predicted molar refractivity (Wildman–Crippen MR) is 93.9 cm³/mol. The van der Waals surface area contributed by atoms with Crippen LogP contribution in [0.15, 0.2) is 12.1 Å². The molecular formula is C18H30ClNO2. The van der Waals surface area contributed by atoms with E-state index in [1.165, 1.54) is 0 Å². The van der Waals surface area contributed by atoms with Gasteiger partial charge in [-0.15, -0.1) is 0 Å². The smallest absolute Gasteiger partial charge is 0.123 e. The van der Waals surface area contributed by atoms with Crippen molar-refractivity contribution >= 4 is 11.6 Å². The van der Waals surface area contributed by atoms with Crippen LogP contribution in [0.4, 0.5) is 0 Å². The molecule has 0 spiro atoms. The lowest BCUT2D eigenvalue weighted by Gasteiger charge is -2.24. The van der Waals surface area contributed by atoms with E-state index in [4.69, 9.17) is 22.1 Å². The highest BCUT2D eigenvalue weighted by Gasteiger charge is 2.21. The molecule has 0 aliphatic rings. The van der Waals surface area contributed by atoms with E-state index in [0.29, 0.717) is 13.0 Å². The molecule has 0 fully saturated rings. The van der Waals surface area contributed by atoms with E-state index in [2.05, 4.69) is 20.8 Å². The van der Waals surface area contributed by atoms with E-state index in [0.717, 1.165) is 41.2 Å². The second kappa shape index (κ2) is 9.39. The SMILES string of the molecule is CCCOc1cc(C)c(Cl)cc1C(C)CC(O)C(N)CCC. The Morgan fingerprint density at radius 3 is 2.55 bits per heavy atom. The van der Waals surface area contributed by atoms with Crippen LogP contribution < -0.4 is 10.5 Å². The second-order valence-electron chi connectivity index (χ2n) is 6.14. The molecule has 1 aromatic carbocycles. The summed E-state index contributed by atoms with van der Waals surface area (Å²) < 4.78 is 5.86. The Balaban J connectivity index is 2.90. The lowest BCUT2D eigenvalue weighted by Crippen LogP contribution is -2.35. The Labute approximate surface area is 139 Å². The molecule has 3 atom stereocenters. The van der Waals surface area contributed by atoms with E-state index in [-0.39, 0.29) is 12.0 Å². The fourth-order valence-electron chi connectivity index (χ4n) is 2.58. The minimum Gasteiger partial charge on any atom is -0.493 e. The molecule has 22 heavy (non-hydrogen) atoms. The summed E-state index contributed by atoms with van der Waals surface area (Å²) in [4.78, 5) is 0. The van der Waals surface area contributed by atoms with Gasteiger partial charge in [-0.2, -0.15) is 0 Å². The first-order valence-electron chi connectivity index (χ1n) is 8.27. The van der Waals surface area contributed by atoms with Crippen molar-refractivity contribution in [2.75, 3.05) is 6.61 Å². The van der Waals surface area contributed by atoms with Gasteiger partial charge >= 0.3 is 0 Å². The Hall–Kier alpha value is -0.770. The van der Waals surface area contributed by atoms with Crippen molar-refractivity contribution in [2.24, 2.45) is 5.73 Å². The molecule has 0 aromatic heterocycles. The largest absolute Gasteiger partial charge is 0.493 e. The van der Waals surface area contributed by atoms with E-state index < -0.39 is 6.10 Å². The zero-order chi connectivity index (χ0) is 16.7. The average Bonchev–Trinajstić information content (AvgIpc) is 2.48. The quantitative estimate of drug-likeness (QED) is 0.706. The van der Waals surface area contributed by atoms with E-state index in [1.54, 1.807) is 0 Å². The second-order valence-corrected chi connectivity index (χ2v) is 6.55. The summed E-state index contributed by atoms with van der Waals surface area (Å²) in [6.07, 6.45) is 2.88. The molecule has 0 heterocycles. The first kappa shape index (κ1) is 19.3. The lowest BCUT2D eigenvalue weighted by atomic mass is 9.90. The van der Waals surface area contributed by atoms with Gasteiger partial charge in [0.15, 0.2) is 0 Å². The fraction of sp³-hybridized carbons (Fsp3) is 0.667. The molecule has 3 nitrogen and oxygen atoms in total. The van der Waals surface area contributed by atoms with Gasteiger partial charge in [0.05, 0.1) is 12.7 Å². The molecule has 0 aliphatic carbocycles. The first-order valence-corrected chi connectivity index (χ1v) is 8.64. The Bertz CT molecular complexity index is 465. The molecule has 0 saturated heterocycles. The summed E-state index contributed by atoms with van der Waals surface area (Å²) in [5.41, 5.74) is 8.07. The molecule has 0 radical (unpaired) electrons. The molecule has 0 aliphatic heterocycles. The minimum atomic E-state index is -0.506. The Kier molecular flexibility index (Phi) is 8.23. The molecule has 3 N–H and O–H groups in total. The van der Waals surface area contributed by atoms with Gasteiger partial charge in [-0.1, -0.05) is 38.8 Å². The number of hydrogen-bond acceptors (Lipinski definition) is 3. The Morgan fingerprint density at radius 1 is 1.27 bits per heavy atom. The summed E-state index contributed by atoms with van der Waals surface area (Å²) in [5, 5.41) is 11.0. The average molecular weight is 328 g/mol. The normalized spacial score (nSPS) is 15.4. The molecule has 1 rings (SSSR count). The van der Waals surface area contributed by atoms with Gasteiger partial charge in [-0.25, -0.2) is 0 Å². The topological polar surface area (TPSA) is 55.5 Å². The van der Waals surface area contributed by atoms with E-state index in [9.17, 15) is 5.11 Å². The van der Waals surface area contributed by atoms with Crippen molar-refractivity contribution < 1.29 is 9.84 Å². The van der Waals surface area contributed by atoms with Crippen LogP contribution in [-0.2, 0) is 0 Å². The van der Waals surface area contributed by atoms with Crippen LogP contribution in [0.5, 0.6) is 5.75 Å². The third-order valence-corrected chi connectivity index (χ3v) is 4.40. The van der Waals surface area contributed by atoms with Crippen LogP contribution >= 0.6 is 11.6 Å². The molecule has 0 bridgehead atoms. The highest BCUT2D eigenvalue weighted by molar-refractivity contribution is 6.31. The van der Waals surface area contributed by atoms with Crippen molar-refractivity contribution in [3.63, 3.8) is 0 Å². The number of benzene rings is 1. The predicted octanol–water partition coefficient (Wildman–Crippen LogP) is 4.42. The maximum atomic E-state index is 10.3. The fourth-order valence-corrected chi connectivity index (χ4v) is 2.75. The maximum Gasteiger partial charge on any atom is 0.123 e. The summed E-state index contributed by atoms with van der Waals surface area (Å²) in [6.45, 7) is 8.90. The van der Waals surface area contributed by atoms with Crippen molar-refractivity contribution in [3.8, 4) is 5.75 Å². The minimum absolute atomic E-state index is 0.142. The summed E-state index contributed by atoms with van der Waals surface area (Å²) in [5.74, 6) is 1.01. The van der Waals surface area contributed by atoms with Crippen molar-refractivity contribution in [1.29, 1.82) is 0 Å². The molecule has 0 amide bonds. The molecule has 4 heteroatoms.